The number of halogens is 5. The number of rotatable bonds is 3. The molecule has 2 heterocycles. The number of carbonyl (C=O) groups excluding carboxylic acids is 1. The summed E-state index contributed by atoms with van der Waals surface area (Å²) in [5.74, 6) is 0.174. The monoisotopic (exact) mass is 491 g/mol. The van der Waals surface area contributed by atoms with Crippen LogP contribution in [0.5, 0.6) is 0 Å². The number of alkyl halides is 3. The number of nitrogens with zero attached hydrogens (tertiary/aromatic N) is 2. The van der Waals surface area contributed by atoms with E-state index in [2.05, 4.69) is 10.4 Å². The second-order valence-corrected chi connectivity index (χ2v) is 8.31. The number of benzene rings is 2. The largest absolute Gasteiger partial charge is 0.469 e. The maximum absolute atomic E-state index is 13.7. The van der Waals surface area contributed by atoms with E-state index in [1.54, 1.807) is 18.2 Å². The second kappa shape index (κ2) is 7.97. The fraction of sp³-hybridized carbons (Fsp3) is 0.130. The van der Waals surface area contributed by atoms with Crippen LogP contribution >= 0.6 is 23.2 Å². The van der Waals surface area contributed by atoms with Crippen LogP contribution in [0.4, 0.5) is 18.9 Å². The highest BCUT2D eigenvalue weighted by Gasteiger charge is 2.41. The van der Waals surface area contributed by atoms with Crippen molar-refractivity contribution in [2.45, 2.75) is 19.0 Å². The minimum atomic E-state index is -4.59. The third-order valence-electron chi connectivity index (χ3n) is 5.41. The molecule has 2 aromatic carbocycles. The summed E-state index contributed by atoms with van der Waals surface area (Å²) in [5, 5.41) is 7.30. The normalized spacial score (nSPS) is 12.9. The lowest BCUT2D eigenvalue weighted by atomic mass is 9.94. The van der Waals surface area contributed by atoms with Gasteiger partial charge in [0.1, 0.15) is 5.76 Å². The van der Waals surface area contributed by atoms with E-state index in [9.17, 15) is 18.0 Å². The average molecular weight is 492 g/mol. The molecule has 33 heavy (non-hydrogen) atoms. The average Bonchev–Trinajstić information content (AvgIpc) is 3.40. The van der Waals surface area contributed by atoms with E-state index < -0.39 is 17.8 Å². The third kappa shape index (κ3) is 3.89. The van der Waals surface area contributed by atoms with Crippen molar-refractivity contribution in [2.75, 3.05) is 5.32 Å². The molecule has 5 nitrogen and oxygen atoms in total. The van der Waals surface area contributed by atoms with E-state index in [0.29, 0.717) is 44.9 Å². The van der Waals surface area contributed by atoms with Crippen molar-refractivity contribution >= 4 is 34.8 Å². The maximum Gasteiger partial charge on any atom is 0.435 e. The van der Waals surface area contributed by atoms with Crippen LogP contribution in [0.1, 0.15) is 27.4 Å². The summed E-state index contributed by atoms with van der Waals surface area (Å²) >= 11 is 12.0. The van der Waals surface area contributed by atoms with Gasteiger partial charge in [-0.1, -0.05) is 23.2 Å². The Morgan fingerprint density at radius 3 is 2.55 bits per heavy atom. The topological polar surface area (TPSA) is 60.1 Å². The van der Waals surface area contributed by atoms with Crippen LogP contribution in [0.25, 0.3) is 16.9 Å². The molecule has 0 fully saturated rings. The minimum absolute atomic E-state index is 0.133. The number of anilines is 1. The number of amides is 1. The van der Waals surface area contributed by atoms with Gasteiger partial charge in [0.15, 0.2) is 5.69 Å². The standard InChI is InChI=1S/C23H14Cl2F3N3O2/c24-13-3-7-17(25)18(11-13)29-22(32)12-1-4-14(5-2-12)31-20-15-9-10-33-19(15)8-6-16(20)21(30-31)23(26,27)28/h1-5,7,9-11H,6,8H2,(H,29,32). The molecule has 0 saturated heterocycles. The lowest BCUT2D eigenvalue weighted by Gasteiger charge is -2.15. The van der Waals surface area contributed by atoms with Crippen molar-refractivity contribution in [3.8, 4) is 16.9 Å². The van der Waals surface area contributed by atoms with Gasteiger partial charge in [-0.25, -0.2) is 4.68 Å². The van der Waals surface area contributed by atoms with Gasteiger partial charge in [-0.15, -0.1) is 0 Å². The van der Waals surface area contributed by atoms with Crippen molar-refractivity contribution in [3.63, 3.8) is 0 Å². The zero-order valence-corrected chi connectivity index (χ0v) is 18.2. The van der Waals surface area contributed by atoms with Crippen LogP contribution in [-0.2, 0) is 19.0 Å². The summed E-state index contributed by atoms with van der Waals surface area (Å²) in [7, 11) is 0. The first-order valence-electron chi connectivity index (χ1n) is 9.85. The van der Waals surface area contributed by atoms with E-state index >= 15 is 0 Å². The molecule has 1 aliphatic carbocycles. The van der Waals surface area contributed by atoms with Crippen LogP contribution in [0.2, 0.25) is 10.0 Å². The predicted molar refractivity (Wildman–Crippen MR) is 118 cm³/mol. The second-order valence-electron chi connectivity index (χ2n) is 7.47. The molecule has 0 bridgehead atoms. The highest BCUT2D eigenvalue weighted by atomic mass is 35.5. The van der Waals surface area contributed by atoms with E-state index in [0.717, 1.165) is 0 Å². The SMILES string of the molecule is O=C(Nc1cc(Cl)ccc1Cl)c1ccc(-n2nc(C(F)(F)F)c3c2-c2ccoc2CC3)cc1. The number of hydrogen-bond donors (Lipinski definition) is 1. The summed E-state index contributed by atoms with van der Waals surface area (Å²) in [6.45, 7) is 0. The van der Waals surface area contributed by atoms with Gasteiger partial charge in [-0.2, -0.15) is 18.3 Å². The van der Waals surface area contributed by atoms with E-state index in [-0.39, 0.29) is 17.5 Å². The quantitative estimate of drug-likeness (QED) is 0.342. The van der Waals surface area contributed by atoms with Gasteiger partial charge in [-0.05, 0) is 55.0 Å². The Labute approximate surface area is 195 Å². The van der Waals surface area contributed by atoms with E-state index in [1.807, 2.05) is 0 Å². The number of aromatic nitrogens is 2. The summed E-state index contributed by atoms with van der Waals surface area (Å²) in [6, 6.07) is 12.4. The predicted octanol–water partition coefficient (Wildman–Crippen LogP) is 6.81. The summed E-state index contributed by atoms with van der Waals surface area (Å²) in [6.07, 6.45) is -2.59. The molecular weight excluding hydrogens is 478 g/mol. The number of nitrogens with one attached hydrogen (secondary N) is 1. The van der Waals surface area contributed by atoms with Gasteiger partial charge in [0.05, 0.1) is 28.4 Å². The van der Waals surface area contributed by atoms with Gasteiger partial charge in [0, 0.05) is 28.1 Å². The molecule has 10 heteroatoms. The lowest BCUT2D eigenvalue weighted by Crippen LogP contribution is -2.12. The van der Waals surface area contributed by atoms with Gasteiger partial charge < -0.3 is 9.73 Å². The van der Waals surface area contributed by atoms with Gasteiger partial charge in [0.25, 0.3) is 5.91 Å². The molecule has 1 amide bonds. The summed E-state index contributed by atoms with van der Waals surface area (Å²) < 4.78 is 47.7. The summed E-state index contributed by atoms with van der Waals surface area (Å²) in [5.41, 5.74) is 1.16. The molecule has 0 atom stereocenters. The molecule has 1 aliphatic rings. The Bertz CT molecular complexity index is 1370. The minimum Gasteiger partial charge on any atom is -0.469 e. The van der Waals surface area contributed by atoms with Crippen molar-refractivity contribution in [1.82, 2.24) is 9.78 Å². The Kier molecular flexibility index (Phi) is 5.22. The molecule has 2 aromatic heterocycles. The van der Waals surface area contributed by atoms with Crippen molar-refractivity contribution < 1.29 is 22.4 Å². The molecular formula is C23H14Cl2F3N3O2. The van der Waals surface area contributed by atoms with Crippen molar-refractivity contribution in [3.05, 3.63) is 87.4 Å². The highest BCUT2D eigenvalue weighted by Crippen LogP contribution is 2.42. The van der Waals surface area contributed by atoms with Gasteiger partial charge in [-0.3, -0.25) is 4.79 Å². The zero-order valence-electron chi connectivity index (χ0n) is 16.7. The third-order valence-corrected chi connectivity index (χ3v) is 5.97. The molecule has 5 rings (SSSR count). The van der Waals surface area contributed by atoms with E-state index in [1.165, 1.54) is 41.3 Å². The maximum atomic E-state index is 13.7. The smallest absolute Gasteiger partial charge is 0.435 e. The van der Waals surface area contributed by atoms with Crippen molar-refractivity contribution in [1.29, 1.82) is 0 Å². The number of fused-ring (bicyclic) bond motifs is 3. The Hall–Kier alpha value is -3.23. The van der Waals surface area contributed by atoms with Crippen LogP contribution < -0.4 is 5.32 Å². The Morgan fingerprint density at radius 1 is 1.06 bits per heavy atom. The molecule has 0 radical (unpaired) electrons. The number of carbonyl (C=O) groups is 1. The Balaban J connectivity index is 1.51. The van der Waals surface area contributed by atoms with Gasteiger partial charge in [0.2, 0.25) is 0 Å². The fourth-order valence-electron chi connectivity index (χ4n) is 3.90. The first-order valence-corrected chi connectivity index (χ1v) is 10.6. The number of furan rings is 1. The lowest BCUT2D eigenvalue weighted by molar-refractivity contribution is -0.142. The van der Waals surface area contributed by atoms with E-state index in [4.69, 9.17) is 27.6 Å². The van der Waals surface area contributed by atoms with Crippen LogP contribution in [-0.4, -0.2) is 15.7 Å². The molecule has 0 saturated carbocycles. The molecule has 4 aromatic rings. The molecule has 168 valence electrons. The number of aryl methyl sites for hydroxylation is 1. The number of hydrogen-bond acceptors (Lipinski definition) is 3. The van der Waals surface area contributed by atoms with Crippen molar-refractivity contribution in [2.24, 2.45) is 0 Å². The fourth-order valence-corrected chi connectivity index (χ4v) is 4.24. The van der Waals surface area contributed by atoms with Gasteiger partial charge >= 0.3 is 6.18 Å². The molecule has 0 aliphatic heterocycles. The Morgan fingerprint density at radius 2 is 1.82 bits per heavy atom. The van der Waals surface area contributed by atoms with Crippen LogP contribution in [0.15, 0.2) is 59.2 Å². The molecule has 0 unspecified atom stereocenters. The first-order chi connectivity index (χ1) is 15.7. The highest BCUT2D eigenvalue weighted by molar-refractivity contribution is 6.35. The summed E-state index contributed by atoms with van der Waals surface area (Å²) in [4.78, 5) is 12.6. The van der Waals surface area contributed by atoms with Crippen LogP contribution in [0.3, 0.4) is 0 Å². The zero-order chi connectivity index (χ0) is 23.3. The van der Waals surface area contributed by atoms with Crippen LogP contribution in [0, 0.1) is 0 Å². The first kappa shape index (κ1) is 21.6. The molecule has 1 N–H and O–H groups in total. The molecule has 0 spiro atoms.